The Morgan fingerprint density at radius 3 is 2.04 bits per heavy atom. The summed E-state index contributed by atoms with van der Waals surface area (Å²) in [7, 11) is 0. The zero-order chi connectivity index (χ0) is 19.8. The highest BCUT2D eigenvalue weighted by Crippen LogP contribution is 2.26. The van der Waals surface area contributed by atoms with Gasteiger partial charge in [-0.05, 0) is 32.6 Å². The van der Waals surface area contributed by atoms with E-state index in [1.807, 2.05) is 13.1 Å². The van der Waals surface area contributed by atoms with Crippen molar-refractivity contribution in [3.63, 3.8) is 0 Å². The van der Waals surface area contributed by atoms with Gasteiger partial charge in [0.2, 0.25) is 0 Å². The number of aliphatic hydroxyl groups is 1. The lowest BCUT2D eigenvalue weighted by Gasteiger charge is -2.40. The molecule has 3 heteroatoms. The molecule has 27 heavy (non-hydrogen) atoms. The molecule has 1 N–H and O–H groups in total. The van der Waals surface area contributed by atoms with E-state index in [-0.39, 0.29) is 12.4 Å². The van der Waals surface area contributed by atoms with Gasteiger partial charge in [0.25, 0.3) is 0 Å². The van der Waals surface area contributed by atoms with Crippen LogP contribution >= 0.6 is 0 Å². The van der Waals surface area contributed by atoms with Gasteiger partial charge in [0.1, 0.15) is 6.54 Å². The van der Waals surface area contributed by atoms with Gasteiger partial charge in [0.05, 0.1) is 12.8 Å². The molecule has 0 aliphatic carbocycles. The van der Waals surface area contributed by atoms with E-state index >= 15 is 0 Å². The van der Waals surface area contributed by atoms with Gasteiger partial charge in [-0.15, -0.1) is 0 Å². The average molecular weight is 380 g/mol. The summed E-state index contributed by atoms with van der Waals surface area (Å²) in [6, 6.07) is 0. The number of hydrogen-bond acceptors (Lipinski definition) is 2. The largest absolute Gasteiger partial charge is 0.345 e. The van der Waals surface area contributed by atoms with Crippen molar-refractivity contribution < 1.29 is 9.59 Å². The Balaban J connectivity index is 1.92. The van der Waals surface area contributed by atoms with Crippen LogP contribution < -0.4 is 0 Å². The van der Waals surface area contributed by atoms with Gasteiger partial charge in [-0.25, -0.2) is 4.99 Å². The van der Waals surface area contributed by atoms with Crippen molar-refractivity contribution >= 4 is 6.21 Å². The van der Waals surface area contributed by atoms with Crippen molar-refractivity contribution in [2.45, 2.75) is 123 Å². The van der Waals surface area contributed by atoms with Gasteiger partial charge >= 0.3 is 0 Å². The fourth-order valence-electron chi connectivity index (χ4n) is 4.30. The minimum atomic E-state index is -0.311. The fourth-order valence-corrected chi connectivity index (χ4v) is 4.30. The highest BCUT2D eigenvalue weighted by Gasteiger charge is 2.41. The average Bonchev–Trinajstić information content (AvgIpc) is 3.09. The molecule has 3 nitrogen and oxygen atoms in total. The van der Waals surface area contributed by atoms with E-state index in [1.54, 1.807) is 0 Å². The second-order valence-corrected chi connectivity index (χ2v) is 8.42. The van der Waals surface area contributed by atoms with Crippen LogP contribution in [0.1, 0.15) is 111 Å². The minimum Gasteiger partial charge on any atom is -0.345 e. The highest BCUT2D eigenvalue weighted by molar-refractivity contribution is 5.60. The molecule has 1 rings (SSSR count). The monoisotopic (exact) mass is 379 g/mol. The van der Waals surface area contributed by atoms with Crippen LogP contribution in [0.3, 0.4) is 0 Å². The van der Waals surface area contributed by atoms with Crippen LogP contribution in [0.4, 0.5) is 0 Å². The molecule has 1 heterocycles. The van der Waals surface area contributed by atoms with Crippen LogP contribution in [0.25, 0.3) is 0 Å². The summed E-state index contributed by atoms with van der Waals surface area (Å²) < 4.78 is 0.744. The van der Waals surface area contributed by atoms with Crippen LogP contribution in [0.5, 0.6) is 0 Å². The smallest absolute Gasteiger partial charge is 0.189 e. The summed E-state index contributed by atoms with van der Waals surface area (Å²) in [5.41, 5.74) is 0. The van der Waals surface area contributed by atoms with Gasteiger partial charge < -0.3 is 5.11 Å². The van der Waals surface area contributed by atoms with Gasteiger partial charge in [-0.2, -0.15) is 0 Å². The van der Waals surface area contributed by atoms with Crippen molar-refractivity contribution in [3.8, 4) is 0 Å². The highest BCUT2D eigenvalue weighted by atomic mass is 16.3. The first-order chi connectivity index (χ1) is 13.2. The Kier molecular flexibility index (Phi) is 13.8. The maximum absolute atomic E-state index is 10.2. The van der Waals surface area contributed by atoms with Crippen molar-refractivity contribution in [1.29, 1.82) is 0 Å². The molecule has 0 spiro atoms. The summed E-state index contributed by atoms with van der Waals surface area (Å²) >= 11 is 0. The maximum Gasteiger partial charge on any atom is 0.189 e. The Hall–Kier alpha value is -0.670. The van der Waals surface area contributed by atoms with Gasteiger partial charge in [0.15, 0.2) is 12.4 Å². The van der Waals surface area contributed by atoms with E-state index in [1.165, 1.54) is 83.5 Å². The molecule has 0 amide bonds. The van der Waals surface area contributed by atoms with Crippen molar-refractivity contribution in [2.24, 2.45) is 4.99 Å². The summed E-state index contributed by atoms with van der Waals surface area (Å²) in [5.74, 6) is 0. The third kappa shape index (κ3) is 9.38. The molecule has 3 atom stereocenters. The Labute approximate surface area is 169 Å². The first-order valence-corrected chi connectivity index (χ1v) is 11.9. The molecule has 1 aliphatic heterocycles. The van der Waals surface area contributed by atoms with Crippen LogP contribution in [0, 0.1) is 0 Å². The lowest BCUT2D eigenvalue weighted by atomic mass is 10.0. The zero-order valence-corrected chi connectivity index (χ0v) is 18.5. The predicted octanol–water partition coefficient (Wildman–Crippen LogP) is 6.61. The number of allylic oxidation sites excluding steroid dienone is 2. The van der Waals surface area contributed by atoms with E-state index in [0.717, 1.165) is 24.0 Å². The number of quaternary nitrogens is 1. The van der Waals surface area contributed by atoms with Crippen molar-refractivity contribution in [1.82, 2.24) is 0 Å². The lowest BCUT2D eigenvalue weighted by molar-refractivity contribution is -0.976. The molecule has 0 saturated heterocycles. The first kappa shape index (κ1) is 24.4. The predicted molar refractivity (Wildman–Crippen MR) is 119 cm³/mol. The number of aliphatic imine (C=N–C) groups is 1. The van der Waals surface area contributed by atoms with E-state index in [2.05, 4.69) is 31.0 Å². The standard InChI is InChI=1S/C24H47N2O/c1-4-6-7-8-9-10-11-12-13-14-15-16-17-18-19-20-24-25-21-22-26(24,5-2)23(3)27/h8-9,21,23-24,27H,4-7,10-20,22H2,1-3H3/q+1/b9-8+. The molecule has 0 saturated carbocycles. The van der Waals surface area contributed by atoms with E-state index in [4.69, 9.17) is 0 Å². The molecule has 0 aromatic rings. The van der Waals surface area contributed by atoms with Crippen LogP contribution in [0.2, 0.25) is 0 Å². The summed E-state index contributed by atoms with van der Waals surface area (Å²) in [4.78, 5) is 4.67. The molecule has 0 aromatic heterocycles. The van der Waals surface area contributed by atoms with Gasteiger partial charge in [-0.3, -0.25) is 4.48 Å². The molecule has 0 fully saturated rings. The topological polar surface area (TPSA) is 32.6 Å². The minimum absolute atomic E-state index is 0.283. The zero-order valence-electron chi connectivity index (χ0n) is 18.5. The van der Waals surface area contributed by atoms with E-state index < -0.39 is 0 Å². The van der Waals surface area contributed by atoms with Gasteiger partial charge in [-0.1, -0.05) is 76.9 Å². The van der Waals surface area contributed by atoms with Crippen molar-refractivity contribution in [3.05, 3.63) is 12.2 Å². The summed E-state index contributed by atoms with van der Waals surface area (Å²) in [6.45, 7) is 8.22. The van der Waals surface area contributed by atoms with E-state index in [9.17, 15) is 5.11 Å². The maximum atomic E-state index is 10.2. The summed E-state index contributed by atoms with van der Waals surface area (Å²) in [5, 5.41) is 10.2. The third-order valence-corrected chi connectivity index (χ3v) is 6.35. The normalized spacial score (nSPS) is 23.5. The number of hydrogen-bond donors (Lipinski definition) is 1. The second-order valence-electron chi connectivity index (χ2n) is 8.42. The quantitative estimate of drug-likeness (QED) is 0.172. The van der Waals surface area contributed by atoms with E-state index in [0.29, 0.717) is 0 Å². The Morgan fingerprint density at radius 2 is 1.48 bits per heavy atom. The number of unbranched alkanes of at least 4 members (excludes halogenated alkanes) is 11. The number of nitrogens with zero attached hydrogens (tertiary/aromatic N) is 2. The van der Waals surface area contributed by atoms with Crippen LogP contribution in [-0.4, -0.2) is 41.3 Å². The third-order valence-electron chi connectivity index (χ3n) is 6.35. The SMILES string of the molecule is CCCC/C=C/CCCCCCCCCCCC1N=CC[N+]1(CC)C(C)O. The molecule has 0 bridgehead atoms. The molecule has 158 valence electrons. The lowest BCUT2D eigenvalue weighted by Crippen LogP contribution is -2.57. The molecular formula is C24H47N2O+. The summed E-state index contributed by atoms with van der Waals surface area (Å²) in [6.07, 6.45) is 25.3. The van der Waals surface area contributed by atoms with Crippen molar-refractivity contribution in [2.75, 3.05) is 13.1 Å². The molecule has 0 aromatic carbocycles. The molecular weight excluding hydrogens is 332 g/mol. The Bertz CT molecular complexity index is 405. The Morgan fingerprint density at radius 1 is 0.926 bits per heavy atom. The number of aliphatic hydroxyl groups excluding tert-OH is 1. The first-order valence-electron chi connectivity index (χ1n) is 11.9. The van der Waals surface area contributed by atoms with Crippen LogP contribution in [-0.2, 0) is 0 Å². The molecule has 0 radical (unpaired) electrons. The number of rotatable bonds is 17. The molecule has 1 aliphatic rings. The van der Waals surface area contributed by atoms with Gasteiger partial charge in [0, 0.05) is 13.3 Å². The fraction of sp³-hybridized carbons (Fsp3) is 0.875. The second kappa shape index (κ2) is 15.3. The van der Waals surface area contributed by atoms with Crippen LogP contribution in [0.15, 0.2) is 17.1 Å². The molecule has 3 unspecified atom stereocenters.